The van der Waals surface area contributed by atoms with E-state index in [4.69, 9.17) is 6.42 Å². The van der Waals surface area contributed by atoms with Gasteiger partial charge in [-0.2, -0.15) is 0 Å². The molecule has 0 fully saturated rings. The number of nitrogens with one attached hydrogen (secondary N) is 1. The summed E-state index contributed by atoms with van der Waals surface area (Å²) in [6.45, 7) is 2.21. The van der Waals surface area contributed by atoms with Gasteiger partial charge in [-0.25, -0.2) is 0 Å². The molecule has 0 spiro atoms. The Balaban J connectivity index is 2.35. The van der Waals surface area contributed by atoms with Crippen LogP contribution in [0.3, 0.4) is 0 Å². The topological polar surface area (TPSA) is 49.4 Å². The number of terminal acetylenes is 1. The maximum absolute atomic E-state index is 12.0. The molecule has 0 saturated carbocycles. The number of anilines is 1. The second kappa shape index (κ2) is 10.4. The Morgan fingerprint density at radius 2 is 1.96 bits per heavy atom. The lowest BCUT2D eigenvalue weighted by Crippen LogP contribution is -2.34. The monoisotopic (exact) mass is 314 g/mol. The van der Waals surface area contributed by atoms with E-state index in [1.165, 1.54) is 24.2 Å². The molecule has 0 aliphatic carbocycles. The van der Waals surface area contributed by atoms with Crippen LogP contribution in [0.15, 0.2) is 24.3 Å². The Kier molecular flexibility index (Phi) is 8.52. The highest BCUT2D eigenvalue weighted by Crippen LogP contribution is 2.10. The lowest BCUT2D eigenvalue weighted by atomic mass is 10.1. The third-order valence-electron chi connectivity index (χ3n) is 3.61. The molecule has 1 N–H and O–H groups in total. The number of hydrogen-bond acceptors (Lipinski definition) is 2. The maximum atomic E-state index is 12.0. The van der Waals surface area contributed by atoms with E-state index in [1.807, 2.05) is 0 Å². The van der Waals surface area contributed by atoms with Crippen molar-refractivity contribution in [2.45, 2.75) is 45.4 Å². The van der Waals surface area contributed by atoms with Crippen molar-refractivity contribution < 1.29 is 9.59 Å². The van der Waals surface area contributed by atoms with Crippen LogP contribution >= 0.6 is 0 Å². The van der Waals surface area contributed by atoms with Gasteiger partial charge < -0.3 is 10.2 Å². The van der Waals surface area contributed by atoms with Crippen molar-refractivity contribution in [3.05, 3.63) is 29.8 Å². The van der Waals surface area contributed by atoms with Gasteiger partial charge in [0.25, 0.3) is 0 Å². The largest absolute Gasteiger partial charge is 0.336 e. The average molecular weight is 314 g/mol. The average Bonchev–Trinajstić information content (AvgIpc) is 2.54. The predicted octanol–water partition coefficient (Wildman–Crippen LogP) is 3.43. The van der Waals surface area contributed by atoms with E-state index in [0.717, 1.165) is 12.8 Å². The normalized spacial score (nSPS) is 9.96. The van der Waals surface area contributed by atoms with Crippen molar-refractivity contribution in [2.75, 3.05) is 18.9 Å². The maximum Gasteiger partial charge on any atom is 0.243 e. The van der Waals surface area contributed by atoms with Crippen LogP contribution in [0.2, 0.25) is 0 Å². The first-order valence-corrected chi connectivity index (χ1v) is 8.17. The van der Waals surface area contributed by atoms with E-state index in [-0.39, 0.29) is 18.4 Å². The van der Waals surface area contributed by atoms with Crippen molar-refractivity contribution in [2.24, 2.45) is 0 Å². The van der Waals surface area contributed by atoms with E-state index in [9.17, 15) is 9.59 Å². The molecular weight excluding hydrogens is 288 g/mol. The fraction of sp³-hybridized carbons (Fsp3) is 0.474. The minimum atomic E-state index is -0.221. The van der Waals surface area contributed by atoms with Crippen LogP contribution in [0.4, 0.5) is 5.69 Å². The Labute approximate surface area is 139 Å². The molecule has 0 aromatic heterocycles. The molecular formula is C19H26N2O2. The zero-order valence-electron chi connectivity index (χ0n) is 14.1. The number of hydrogen-bond donors (Lipinski definition) is 1. The molecule has 1 aromatic carbocycles. The second-order valence-electron chi connectivity index (χ2n) is 5.69. The number of likely N-dealkylation sites (N-methyl/N-ethyl adjacent to an activating group) is 1. The molecule has 4 nitrogen and oxygen atoms in total. The summed E-state index contributed by atoms with van der Waals surface area (Å²) in [7, 11) is 1.66. The smallest absolute Gasteiger partial charge is 0.243 e. The van der Waals surface area contributed by atoms with Crippen LogP contribution in [0.25, 0.3) is 0 Å². The van der Waals surface area contributed by atoms with Crippen molar-refractivity contribution in [3.8, 4) is 12.3 Å². The SMILES string of the molecule is C#Cc1cccc(NC(=O)CN(C)C(=O)CCCCCCC)c1. The van der Waals surface area contributed by atoms with Crippen LogP contribution in [0.1, 0.15) is 51.0 Å². The highest BCUT2D eigenvalue weighted by atomic mass is 16.2. The first-order valence-electron chi connectivity index (χ1n) is 8.17. The second-order valence-corrected chi connectivity index (χ2v) is 5.69. The third-order valence-corrected chi connectivity index (χ3v) is 3.61. The number of amides is 2. The molecule has 0 atom stereocenters. The molecule has 4 heteroatoms. The van der Waals surface area contributed by atoms with Crippen molar-refractivity contribution >= 4 is 17.5 Å². The van der Waals surface area contributed by atoms with Crippen LogP contribution in [-0.2, 0) is 9.59 Å². The highest BCUT2D eigenvalue weighted by molar-refractivity contribution is 5.94. The summed E-state index contributed by atoms with van der Waals surface area (Å²) in [6, 6.07) is 7.08. The zero-order valence-corrected chi connectivity index (χ0v) is 14.1. The van der Waals surface area contributed by atoms with Gasteiger partial charge >= 0.3 is 0 Å². The Hall–Kier alpha value is -2.28. The van der Waals surface area contributed by atoms with Crippen LogP contribution in [0.5, 0.6) is 0 Å². The zero-order chi connectivity index (χ0) is 17.1. The lowest BCUT2D eigenvalue weighted by Gasteiger charge is -2.17. The van der Waals surface area contributed by atoms with Crippen LogP contribution in [-0.4, -0.2) is 30.3 Å². The molecule has 0 heterocycles. The van der Waals surface area contributed by atoms with Crippen molar-refractivity contribution in [1.82, 2.24) is 4.90 Å². The van der Waals surface area contributed by atoms with Crippen LogP contribution < -0.4 is 5.32 Å². The summed E-state index contributed by atoms with van der Waals surface area (Å²) in [6.07, 6.45) is 11.4. The molecule has 0 radical (unpaired) electrons. The molecule has 1 aromatic rings. The number of unbranched alkanes of at least 4 members (excludes halogenated alkanes) is 4. The van der Waals surface area contributed by atoms with E-state index in [0.29, 0.717) is 17.7 Å². The minimum absolute atomic E-state index is 0.00836. The Bertz CT molecular complexity index is 561. The number of rotatable bonds is 9. The quantitative estimate of drug-likeness (QED) is 0.561. The molecule has 124 valence electrons. The summed E-state index contributed by atoms with van der Waals surface area (Å²) >= 11 is 0. The van der Waals surface area contributed by atoms with E-state index in [2.05, 4.69) is 18.2 Å². The molecule has 0 aliphatic rings. The summed E-state index contributed by atoms with van der Waals surface area (Å²) in [5.41, 5.74) is 1.35. The van der Waals surface area contributed by atoms with Gasteiger partial charge in [-0.1, -0.05) is 44.6 Å². The standard InChI is InChI=1S/C19H26N2O2/c1-4-6-7-8-9-13-19(23)21(3)15-18(22)20-17-12-10-11-16(5-2)14-17/h2,10-12,14H,4,6-9,13,15H2,1,3H3,(H,20,22). The fourth-order valence-electron chi connectivity index (χ4n) is 2.26. The summed E-state index contributed by atoms with van der Waals surface area (Å²) in [4.78, 5) is 25.4. The highest BCUT2D eigenvalue weighted by Gasteiger charge is 2.12. The summed E-state index contributed by atoms with van der Waals surface area (Å²) in [5.74, 6) is 2.31. The van der Waals surface area contributed by atoms with Crippen molar-refractivity contribution in [3.63, 3.8) is 0 Å². The number of carbonyl (C=O) groups excluding carboxylic acids is 2. The van der Waals surface area contributed by atoms with Gasteiger partial charge in [-0.15, -0.1) is 6.42 Å². The molecule has 0 bridgehead atoms. The number of carbonyl (C=O) groups is 2. The van der Waals surface area contributed by atoms with E-state index < -0.39 is 0 Å². The number of nitrogens with zero attached hydrogens (tertiary/aromatic N) is 1. The van der Waals surface area contributed by atoms with Gasteiger partial charge in [0.05, 0.1) is 6.54 Å². The first-order chi connectivity index (χ1) is 11.1. The van der Waals surface area contributed by atoms with E-state index in [1.54, 1.807) is 31.3 Å². The van der Waals surface area contributed by atoms with Gasteiger partial charge in [0, 0.05) is 24.7 Å². The predicted molar refractivity (Wildman–Crippen MR) is 94.0 cm³/mol. The third kappa shape index (κ3) is 7.51. The molecule has 2 amide bonds. The fourth-order valence-corrected chi connectivity index (χ4v) is 2.26. The van der Waals surface area contributed by atoms with Gasteiger partial charge in [0.1, 0.15) is 0 Å². The Morgan fingerprint density at radius 3 is 2.65 bits per heavy atom. The molecule has 1 rings (SSSR count). The minimum Gasteiger partial charge on any atom is -0.336 e. The summed E-state index contributed by atoms with van der Waals surface area (Å²) in [5, 5.41) is 2.76. The van der Waals surface area contributed by atoms with Gasteiger partial charge in [0.15, 0.2) is 0 Å². The lowest BCUT2D eigenvalue weighted by molar-refractivity contribution is -0.133. The molecule has 0 saturated heterocycles. The van der Waals surface area contributed by atoms with Gasteiger partial charge in [-0.05, 0) is 24.6 Å². The number of benzene rings is 1. The Morgan fingerprint density at radius 1 is 1.22 bits per heavy atom. The van der Waals surface area contributed by atoms with Gasteiger partial charge in [-0.3, -0.25) is 9.59 Å². The molecule has 23 heavy (non-hydrogen) atoms. The van der Waals surface area contributed by atoms with E-state index >= 15 is 0 Å². The van der Waals surface area contributed by atoms with Crippen molar-refractivity contribution in [1.29, 1.82) is 0 Å². The molecule has 0 unspecified atom stereocenters. The summed E-state index contributed by atoms with van der Waals surface area (Å²) < 4.78 is 0. The molecule has 0 aliphatic heterocycles. The first kappa shape index (κ1) is 18.8. The van der Waals surface area contributed by atoms with Crippen LogP contribution in [0, 0.1) is 12.3 Å². The van der Waals surface area contributed by atoms with Gasteiger partial charge in [0.2, 0.25) is 11.8 Å².